The molecule has 0 bridgehead atoms. The van der Waals surface area contributed by atoms with Crippen molar-refractivity contribution in [2.75, 3.05) is 11.9 Å². The first-order chi connectivity index (χ1) is 12.1. The van der Waals surface area contributed by atoms with Crippen molar-refractivity contribution in [3.05, 3.63) is 84.1 Å². The molecule has 1 aliphatic heterocycles. The molecule has 3 aromatic carbocycles. The second-order valence-corrected chi connectivity index (χ2v) is 7.03. The van der Waals surface area contributed by atoms with Crippen molar-refractivity contribution in [3.63, 3.8) is 0 Å². The summed E-state index contributed by atoms with van der Waals surface area (Å²) in [6.07, 6.45) is 4.07. The smallest absolute Gasteiger partial charge is 0.0707 e. The lowest BCUT2D eigenvalue weighted by Crippen LogP contribution is -2.22. The first-order valence-corrected chi connectivity index (χ1v) is 8.65. The highest BCUT2D eigenvalue weighted by atomic mass is 15.2. The van der Waals surface area contributed by atoms with E-state index in [4.69, 9.17) is 4.99 Å². The average molecular weight is 326 g/mol. The number of hydrogen-bond donors (Lipinski definition) is 0. The molecule has 0 saturated carbocycles. The van der Waals surface area contributed by atoms with Gasteiger partial charge in [-0.15, -0.1) is 0 Å². The monoisotopic (exact) mass is 326 g/mol. The largest absolute Gasteiger partial charge is 0.347 e. The van der Waals surface area contributed by atoms with E-state index >= 15 is 0 Å². The number of hydrogen-bond acceptors (Lipinski definition) is 2. The number of para-hydroxylation sites is 1. The third kappa shape index (κ3) is 2.54. The molecular formula is C23H22N2. The topological polar surface area (TPSA) is 15.6 Å². The predicted molar refractivity (Wildman–Crippen MR) is 108 cm³/mol. The number of allylic oxidation sites excluding steroid dienone is 2. The second kappa shape index (κ2) is 5.89. The maximum absolute atomic E-state index is 4.73. The molecule has 0 atom stereocenters. The van der Waals surface area contributed by atoms with Gasteiger partial charge in [0.05, 0.1) is 5.69 Å². The van der Waals surface area contributed by atoms with E-state index in [9.17, 15) is 0 Å². The minimum Gasteiger partial charge on any atom is -0.347 e. The first-order valence-electron chi connectivity index (χ1n) is 8.65. The van der Waals surface area contributed by atoms with E-state index < -0.39 is 0 Å². The predicted octanol–water partition coefficient (Wildman–Crippen LogP) is 5.85. The lowest BCUT2D eigenvalue weighted by Gasteiger charge is -2.23. The Balaban J connectivity index is 1.71. The summed E-state index contributed by atoms with van der Waals surface area (Å²) in [7, 11) is 2.13. The Kier molecular flexibility index (Phi) is 3.69. The summed E-state index contributed by atoms with van der Waals surface area (Å²) in [5, 5.41) is 2.40. The van der Waals surface area contributed by atoms with Gasteiger partial charge in [0.15, 0.2) is 0 Å². The molecule has 4 rings (SSSR count). The van der Waals surface area contributed by atoms with Crippen molar-refractivity contribution in [2.45, 2.75) is 19.3 Å². The molecule has 0 spiro atoms. The molecule has 3 aromatic rings. The van der Waals surface area contributed by atoms with Crippen LogP contribution in [0, 0.1) is 0 Å². The Labute approximate surface area is 149 Å². The lowest BCUT2D eigenvalue weighted by molar-refractivity contribution is 0.641. The van der Waals surface area contributed by atoms with Crippen LogP contribution in [0.1, 0.15) is 19.4 Å². The van der Waals surface area contributed by atoms with Gasteiger partial charge >= 0.3 is 0 Å². The number of likely N-dealkylation sites (N-methyl/N-ethyl adjacent to an activating group) is 1. The normalized spacial score (nSPS) is 17.6. The third-order valence-electron chi connectivity index (χ3n) is 5.15. The Morgan fingerprint density at radius 1 is 0.880 bits per heavy atom. The van der Waals surface area contributed by atoms with Gasteiger partial charge in [0.2, 0.25) is 0 Å². The van der Waals surface area contributed by atoms with Gasteiger partial charge in [0.1, 0.15) is 0 Å². The van der Waals surface area contributed by atoms with E-state index in [1.807, 2.05) is 6.21 Å². The molecule has 0 amide bonds. The van der Waals surface area contributed by atoms with E-state index in [0.29, 0.717) is 0 Å². The molecule has 0 fully saturated rings. The summed E-state index contributed by atoms with van der Waals surface area (Å²) in [5.41, 5.74) is 4.89. The molecule has 0 unspecified atom stereocenters. The maximum Gasteiger partial charge on any atom is 0.0707 e. The SMILES string of the molecule is CN1/C(=C\C=Nc2cccc3ccccc23)C(C)(C)c2ccccc21. The fraction of sp³-hybridized carbons (Fsp3) is 0.174. The van der Waals surface area contributed by atoms with Crippen LogP contribution >= 0.6 is 0 Å². The van der Waals surface area contributed by atoms with Crippen LogP contribution in [-0.4, -0.2) is 13.3 Å². The quantitative estimate of drug-likeness (QED) is 0.539. The van der Waals surface area contributed by atoms with Crippen molar-refractivity contribution in [1.82, 2.24) is 0 Å². The van der Waals surface area contributed by atoms with Gasteiger partial charge in [0, 0.05) is 35.4 Å². The van der Waals surface area contributed by atoms with E-state index in [2.05, 4.69) is 98.6 Å². The standard InChI is InChI=1S/C23H22N2/c1-23(2)19-12-6-7-14-21(19)25(3)22(23)15-16-24-20-13-8-10-17-9-4-5-11-18(17)20/h4-16H,1-3H3/b22-15-,24-16?. The third-order valence-corrected chi connectivity index (χ3v) is 5.15. The zero-order chi connectivity index (χ0) is 17.4. The van der Waals surface area contributed by atoms with Crippen molar-refractivity contribution in [3.8, 4) is 0 Å². The highest BCUT2D eigenvalue weighted by Gasteiger charge is 2.37. The Morgan fingerprint density at radius 2 is 1.60 bits per heavy atom. The lowest BCUT2D eigenvalue weighted by atomic mass is 9.84. The molecule has 25 heavy (non-hydrogen) atoms. The van der Waals surface area contributed by atoms with Crippen LogP contribution < -0.4 is 4.90 Å². The molecule has 1 aliphatic rings. The summed E-state index contributed by atoms with van der Waals surface area (Å²) in [6, 6.07) is 23.2. The highest BCUT2D eigenvalue weighted by molar-refractivity contribution is 5.94. The molecule has 2 heteroatoms. The van der Waals surface area contributed by atoms with Gasteiger partial charge < -0.3 is 4.90 Å². The molecule has 1 heterocycles. The fourth-order valence-corrected chi connectivity index (χ4v) is 3.81. The number of rotatable bonds is 2. The molecular weight excluding hydrogens is 304 g/mol. The molecule has 124 valence electrons. The van der Waals surface area contributed by atoms with Gasteiger partial charge in [-0.3, -0.25) is 4.99 Å². The average Bonchev–Trinajstić information content (AvgIpc) is 2.83. The summed E-state index contributed by atoms with van der Waals surface area (Å²) in [6.45, 7) is 4.54. The molecule has 0 saturated heterocycles. The van der Waals surface area contributed by atoms with E-state index in [1.165, 1.54) is 27.7 Å². The van der Waals surface area contributed by atoms with Crippen LogP contribution in [0.4, 0.5) is 11.4 Å². The van der Waals surface area contributed by atoms with Gasteiger partial charge in [0.25, 0.3) is 0 Å². The minimum atomic E-state index is -0.0177. The first kappa shape index (κ1) is 15.6. The molecule has 0 radical (unpaired) electrons. The summed E-state index contributed by atoms with van der Waals surface area (Å²) in [5.74, 6) is 0. The minimum absolute atomic E-state index is 0.0177. The van der Waals surface area contributed by atoms with Crippen LogP contribution in [0.15, 0.2) is 83.5 Å². The molecule has 0 aromatic heterocycles. The van der Waals surface area contributed by atoms with Crippen molar-refractivity contribution >= 4 is 28.4 Å². The summed E-state index contributed by atoms with van der Waals surface area (Å²) < 4.78 is 0. The number of aliphatic imine (C=N–C) groups is 1. The summed E-state index contributed by atoms with van der Waals surface area (Å²) >= 11 is 0. The van der Waals surface area contributed by atoms with E-state index in [1.54, 1.807) is 0 Å². The van der Waals surface area contributed by atoms with Gasteiger partial charge in [-0.25, -0.2) is 0 Å². The van der Waals surface area contributed by atoms with Crippen molar-refractivity contribution < 1.29 is 0 Å². The van der Waals surface area contributed by atoms with Crippen molar-refractivity contribution in [2.24, 2.45) is 4.99 Å². The Bertz CT molecular complexity index is 990. The zero-order valence-electron chi connectivity index (χ0n) is 14.9. The Hall–Kier alpha value is -2.87. The second-order valence-electron chi connectivity index (χ2n) is 7.03. The zero-order valence-corrected chi connectivity index (χ0v) is 14.9. The van der Waals surface area contributed by atoms with Crippen LogP contribution in [0.2, 0.25) is 0 Å². The number of nitrogens with zero attached hydrogens (tertiary/aromatic N) is 2. The van der Waals surface area contributed by atoms with Gasteiger partial charge in [-0.05, 0) is 29.2 Å². The summed E-state index contributed by atoms with van der Waals surface area (Å²) in [4.78, 5) is 7.00. The highest BCUT2D eigenvalue weighted by Crippen LogP contribution is 2.46. The van der Waals surface area contributed by atoms with E-state index in [-0.39, 0.29) is 5.41 Å². The Morgan fingerprint density at radius 3 is 2.44 bits per heavy atom. The number of fused-ring (bicyclic) bond motifs is 2. The molecule has 2 nitrogen and oxygen atoms in total. The maximum atomic E-state index is 4.73. The molecule has 0 N–H and O–H groups in total. The number of benzene rings is 3. The van der Waals surface area contributed by atoms with Crippen LogP contribution in [0.25, 0.3) is 10.8 Å². The van der Waals surface area contributed by atoms with Crippen LogP contribution in [-0.2, 0) is 5.41 Å². The number of anilines is 1. The van der Waals surface area contributed by atoms with Crippen molar-refractivity contribution in [1.29, 1.82) is 0 Å². The van der Waals surface area contributed by atoms with E-state index in [0.717, 1.165) is 5.69 Å². The van der Waals surface area contributed by atoms with Gasteiger partial charge in [-0.1, -0.05) is 68.4 Å². The van der Waals surface area contributed by atoms with Crippen LogP contribution in [0.5, 0.6) is 0 Å². The molecule has 0 aliphatic carbocycles. The van der Waals surface area contributed by atoms with Gasteiger partial charge in [-0.2, -0.15) is 0 Å². The fourth-order valence-electron chi connectivity index (χ4n) is 3.81. The van der Waals surface area contributed by atoms with Crippen LogP contribution in [0.3, 0.4) is 0 Å².